The lowest BCUT2D eigenvalue weighted by molar-refractivity contribution is -0.117. The maximum atomic E-state index is 12.5. The van der Waals surface area contributed by atoms with E-state index in [0.717, 1.165) is 48.4 Å². The fourth-order valence-corrected chi connectivity index (χ4v) is 3.50. The van der Waals surface area contributed by atoms with Gasteiger partial charge in [0.05, 0.1) is 0 Å². The molecule has 0 bridgehead atoms. The molecule has 3 heterocycles. The highest BCUT2D eigenvalue weighted by atomic mass is 16.2. The molecule has 1 aromatic carbocycles. The Hall–Kier alpha value is -3.16. The lowest BCUT2D eigenvalue weighted by atomic mass is 10.1. The number of hydrogen-bond acceptors (Lipinski definition) is 5. The molecule has 1 amide bonds. The molecule has 1 aliphatic heterocycles. The zero-order valence-electron chi connectivity index (χ0n) is 16.0. The number of hydrogen-bond donors (Lipinski definition) is 1. The highest BCUT2D eigenvalue weighted by Gasteiger charge is 2.16. The van der Waals surface area contributed by atoms with E-state index in [1.807, 2.05) is 30.3 Å². The van der Waals surface area contributed by atoms with Crippen molar-refractivity contribution in [3.8, 4) is 0 Å². The second kappa shape index (κ2) is 7.84. The zero-order valence-corrected chi connectivity index (χ0v) is 16.0. The van der Waals surface area contributed by atoms with Gasteiger partial charge in [-0.05, 0) is 49.4 Å². The molecule has 146 valence electrons. The fourth-order valence-electron chi connectivity index (χ4n) is 3.50. The second-order valence-corrected chi connectivity index (χ2v) is 7.05. The van der Waals surface area contributed by atoms with E-state index in [2.05, 4.69) is 27.2 Å². The highest BCUT2D eigenvalue weighted by Crippen LogP contribution is 2.17. The Balaban J connectivity index is 1.52. The Morgan fingerprint density at radius 2 is 2.00 bits per heavy atom. The van der Waals surface area contributed by atoms with Crippen LogP contribution in [0.5, 0.6) is 0 Å². The standard InChI is InChI=1S/C20H24N6O2/c1-2-15-7-6-8-16(13-15)21-18(27)14-26-20(28)25-12-9-17(22-19(25)23-26)24-10-4-3-5-11-24/h6-9,12-13H,2-5,10-11,14H2,1H3,(H,21,27). The van der Waals surface area contributed by atoms with E-state index in [1.54, 1.807) is 6.20 Å². The van der Waals surface area contributed by atoms with Crippen molar-refractivity contribution in [2.45, 2.75) is 39.2 Å². The first-order chi connectivity index (χ1) is 13.6. The van der Waals surface area contributed by atoms with Crippen LogP contribution >= 0.6 is 0 Å². The zero-order chi connectivity index (χ0) is 19.5. The number of rotatable bonds is 5. The predicted octanol–water partition coefficient (Wildman–Crippen LogP) is 2.08. The summed E-state index contributed by atoms with van der Waals surface area (Å²) in [6.45, 7) is 3.83. The molecule has 3 aromatic rings. The van der Waals surface area contributed by atoms with Crippen molar-refractivity contribution in [2.75, 3.05) is 23.3 Å². The van der Waals surface area contributed by atoms with Crippen LogP contribution in [0.2, 0.25) is 0 Å². The van der Waals surface area contributed by atoms with Crippen molar-refractivity contribution in [2.24, 2.45) is 0 Å². The van der Waals surface area contributed by atoms with Crippen LogP contribution in [0.15, 0.2) is 41.3 Å². The Morgan fingerprint density at radius 3 is 2.79 bits per heavy atom. The fraction of sp³-hybridized carbons (Fsp3) is 0.400. The summed E-state index contributed by atoms with van der Waals surface area (Å²) in [7, 11) is 0. The van der Waals surface area contributed by atoms with Crippen LogP contribution < -0.4 is 15.9 Å². The molecule has 2 aromatic heterocycles. The second-order valence-electron chi connectivity index (χ2n) is 7.05. The van der Waals surface area contributed by atoms with Crippen molar-refractivity contribution in [3.63, 3.8) is 0 Å². The topological polar surface area (TPSA) is 84.5 Å². The molecular formula is C20H24N6O2. The number of aromatic nitrogens is 4. The van der Waals surface area contributed by atoms with Gasteiger partial charge in [0.1, 0.15) is 12.4 Å². The van der Waals surface area contributed by atoms with Crippen LogP contribution in [0.3, 0.4) is 0 Å². The average molecular weight is 380 g/mol. The molecule has 0 spiro atoms. The van der Waals surface area contributed by atoms with Gasteiger partial charge < -0.3 is 10.2 Å². The number of carbonyl (C=O) groups excluding carboxylic acids is 1. The molecule has 4 rings (SSSR count). The lowest BCUT2D eigenvalue weighted by Gasteiger charge is -2.27. The molecule has 0 saturated carbocycles. The maximum Gasteiger partial charge on any atom is 0.352 e. The van der Waals surface area contributed by atoms with Crippen LogP contribution in [-0.4, -0.2) is 38.2 Å². The van der Waals surface area contributed by atoms with Gasteiger partial charge in [0.2, 0.25) is 5.91 Å². The summed E-state index contributed by atoms with van der Waals surface area (Å²) in [5.41, 5.74) is 1.48. The minimum absolute atomic E-state index is 0.155. The molecule has 0 radical (unpaired) electrons. The van der Waals surface area contributed by atoms with E-state index in [1.165, 1.54) is 10.8 Å². The summed E-state index contributed by atoms with van der Waals surface area (Å²) in [6.07, 6.45) is 6.10. The third-order valence-corrected chi connectivity index (χ3v) is 5.03. The Labute approximate surface area is 162 Å². The van der Waals surface area contributed by atoms with E-state index in [-0.39, 0.29) is 18.1 Å². The van der Waals surface area contributed by atoms with E-state index in [4.69, 9.17) is 0 Å². The quantitative estimate of drug-likeness (QED) is 0.733. The number of carbonyl (C=O) groups is 1. The first kappa shape index (κ1) is 18.2. The van der Waals surface area contributed by atoms with Crippen molar-refractivity contribution >= 4 is 23.2 Å². The third-order valence-electron chi connectivity index (χ3n) is 5.03. The monoisotopic (exact) mass is 380 g/mol. The molecule has 1 N–H and O–H groups in total. The molecule has 0 aliphatic carbocycles. The molecule has 0 unspecified atom stereocenters. The Morgan fingerprint density at radius 1 is 1.18 bits per heavy atom. The summed E-state index contributed by atoms with van der Waals surface area (Å²) in [6, 6.07) is 9.50. The molecule has 8 heteroatoms. The van der Waals surface area contributed by atoms with Gasteiger partial charge in [-0.3, -0.25) is 4.79 Å². The number of piperidine rings is 1. The number of nitrogens with zero attached hydrogens (tertiary/aromatic N) is 5. The SMILES string of the molecule is CCc1cccc(NC(=O)Cn2nc3nc(N4CCCCC4)ccn3c2=O)c1. The smallest absolute Gasteiger partial charge is 0.352 e. The van der Waals surface area contributed by atoms with Gasteiger partial charge in [0, 0.05) is 25.0 Å². The molecule has 0 atom stereocenters. The van der Waals surface area contributed by atoms with Gasteiger partial charge in [0.25, 0.3) is 5.78 Å². The van der Waals surface area contributed by atoms with E-state index in [0.29, 0.717) is 11.5 Å². The number of fused-ring (bicyclic) bond motifs is 1. The van der Waals surface area contributed by atoms with Gasteiger partial charge in [-0.2, -0.15) is 4.98 Å². The number of anilines is 2. The third kappa shape index (κ3) is 3.76. The molecular weight excluding hydrogens is 356 g/mol. The van der Waals surface area contributed by atoms with Gasteiger partial charge in [-0.15, -0.1) is 5.10 Å². The number of benzene rings is 1. The van der Waals surface area contributed by atoms with Crippen molar-refractivity contribution in [3.05, 3.63) is 52.6 Å². The van der Waals surface area contributed by atoms with Gasteiger partial charge in [-0.1, -0.05) is 19.1 Å². The number of aryl methyl sites for hydroxylation is 1. The van der Waals surface area contributed by atoms with Gasteiger partial charge in [0.15, 0.2) is 0 Å². The lowest BCUT2D eigenvalue weighted by Crippen LogP contribution is -2.30. The van der Waals surface area contributed by atoms with Crippen molar-refractivity contribution < 1.29 is 4.79 Å². The highest BCUT2D eigenvalue weighted by molar-refractivity contribution is 5.90. The summed E-state index contributed by atoms with van der Waals surface area (Å²) in [4.78, 5) is 31.6. The van der Waals surface area contributed by atoms with Crippen LogP contribution in [0.25, 0.3) is 5.78 Å². The summed E-state index contributed by atoms with van der Waals surface area (Å²) in [5.74, 6) is 0.842. The molecule has 1 saturated heterocycles. The number of amides is 1. The first-order valence-electron chi connectivity index (χ1n) is 9.74. The van der Waals surface area contributed by atoms with E-state index < -0.39 is 0 Å². The molecule has 28 heavy (non-hydrogen) atoms. The number of nitrogens with one attached hydrogen (secondary N) is 1. The summed E-state index contributed by atoms with van der Waals surface area (Å²) < 4.78 is 2.53. The largest absolute Gasteiger partial charge is 0.356 e. The molecule has 1 aliphatic rings. The van der Waals surface area contributed by atoms with Crippen molar-refractivity contribution in [1.82, 2.24) is 19.2 Å². The van der Waals surface area contributed by atoms with Crippen LogP contribution in [-0.2, 0) is 17.8 Å². The average Bonchev–Trinajstić information content (AvgIpc) is 3.03. The normalized spacial score (nSPS) is 14.4. The minimum atomic E-state index is -0.370. The van der Waals surface area contributed by atoms with E-state index >= 15 is 0 Å². The minimum Gasteiger partial charge on any atom is -0.356 e. The van der Waals surface area contributed by atoms with E-state index in [9.17, 15) is 9.59 Å². The Kier molecular flexibility index (Phi) is 5.10. The van der Waals surface area contributed by atoms with Gasteiger partial charge in [-0.25, -0.2) is 13.9 Å². The van der Waals surface area contributed by atoms with Gasteiger partial charge >= 0.3 is 5.69 Å². The predicted molar refractivity (Wildman–Crippen MR) is 108 cm³/mol. The maximum absolute atomic E-state index is 12.5. The summed E-state index contributed by atoms with van der Waals surface area (Å²) >= 11 is 0. The Bertz CT molecular complexity index is 1050. The van der Waals surface area contributed by atoms with Crippen molar-refractivity contribution in [1.29, 1.82) is 0 Å². The summed E-state index contributed by atoms with van der Waals surface area (Å²) in [5, 5.41) is 7.07. The van der Waals surface area contributed by atoms with Crippen LogP contribution in [0.4, 0.5) is 11.5 Å². The van der Waals surface area contributed by atoms with Crippen LogP contribution in [0, 0.1) is 0 Å². The first-order valence-corrected chi connectivity index (χ1v) is 9.74. The molecule has 1 fully saturated rings. The molecule has 8 nitrogen and oxygen atoms in total. The van der Waals surface area contributed by atoms with Crippen LogP contribution in [0.1, 0.15) is 31.7 Å².